The number of thioether (sulfide) groups is 1. The quantitative estimate of drug-likeness (QED) is 0.349. The molecule has 0 unspecified atom stereocenters. The van der Waals surface area contributed by atoms with E-state index in [-0.39, 0.29) is 0 Å². The van der Waals surface area contributed by atoms with Gasteiger partial charge in [0.15, 0.2) is 11.0 Å². The number of nitrogen functional groups attached to an aromatic ring is 1. The zero-order valence-electron chi connectivity index (χ0n) is 5.84. The van der Waals surface area contributed by atoms with Crippen molar-refractivity contribution in [3.63, 3.8) is 0 Å². The lowest BCUT2D eigenvalue weighted by Crippen LogP contribution is -2.09. The van der Waals surface area contributed by atoms with Gasteiger partial charge in [0, 0.05) is 6.20 Å². The lowest BCUT2D eigenvalue weighted by Gasteiger charge is -2.01. The molecule has 1 rings (SSSR count). The minimum absolute atomic E-state index is 0.601. The molecule has 0 radical (unpaired) electrons. The molecule has 0 amide bonds. The highest BCUT2D eigenvalue weighted by Gasteiger charge is 2.01. The molecule has 0 atom stereocenters. The molecular formula is C5H7BrN4S. The number of rotatable bonds is 2. The van der Waals surface area contributed by atoms with Crippen molar-refractivity contribution in [3.05, 3.63) is 10.7 Å². The van der Waals surface area contributed by atoms with E-state index in [4.69, 9.17) is 5.84 Å². The lowest BCUT2D eigenvalue weighted by atomic mass is 10.6. The standard InChI is InChI=1S/C5H7BrN4S/c1-11-5-8-2-3(6)4(9-5)10-7/h2H,7H2,1H3,(H,8,9,10). The fraction of sp³-hybridized carbons (Fsp3) is 0.200. The molecule has 0 saturated heterocycles. The van der Waals surface area contributed by atoms with Crippen LogP contribution in [0.2, 0.25) is 0 Å². The normalized spacial score (nSPS) is 9.73. The molecule has 60 valence electrons. The SMILES string of the molecule is CSc1ncc(Br)c(NN)n1. The summed E-state index contributed by atoms with van der Waals surface area (Å²) in [6.07, 6.45) is 3.57. The zero-order valence-corrected chi connectivity index (χ0v) is 8.24. The molecule has 0 aliphatic rings. The van der Waals surface area contributed by atoms with E-state index in [9.17, 15) is 0 Å². The van der Waals surface area contributed by atoms with Crippen molar-refractivity contribution in [2.24, 2.45) is 5.84 Å². The highest BCUT2D eigenvalue weighted by atomic mass is 79.9. The second-order valence-electron chi connectivity index (χ2n) is 1.70. The van der Waals surface area contributed by atoms with Crippen LogP contribution < -0.4 is 11.3 Å². The molecule has 0 fully saturated rings. The van der Waals surface area contributed by atoms with Gasteiger partial charge < -0.3 is 5.43 Å². The summed E-state index contributed by atoms with van der Waals surface area (Å²) in [5.41, 5.74) is 2.46. The van der Waals surface area contributed by atoms with E-state index in [2.05, 4.69) is 31.3 Å². The van der Waals surface area contributed by atoms with Crippen molar-refractivity contribution in [1.29, 1.82) is 0 Å². The number of anilines is 1. The van der Waals surface area contributed by atoms with Gasteiger partial charge in [0.2, 0.25) is 0 Å². The largest absolute Gasteiger partial charge is 0.307 e. The molecule has 0 aliphatic carbocycles. The second kappa shape index (κ2) is 3.89. The van der Waals surface area contributed by atoms with Crippen LogP contribution in [-0.4, -0.2) is 16.2 Å². The highest BCUT2D eigenvalue weighted by molar-refractivity contribution is 9.10. The number of hydrogen-bond acceptors (Lipinski definition) is 5. The average molecular weight is 235 g/mol. The van der Waals surface area contributed by atoms with E-state index in [0.29, 0.717) is 11.0 Å². The summed E-state index contributed by atoms with van der Waals surface area (Å²) in [5.74, 6) is 5.80. The van der Waals surface area contributed by atoms with Crippen LogP contribution in [0.15, 0.2) is 15.8 Å². The highest BCUT2D eigenvalue weighted by Crippen LogP contribution is 2.20. The van der Waals surface area contributed by atoms with Gasteiger partial charge in [-0.3, -0.25) is 0 Å². The summed E-state index contributed by atoms with van der Waals surface area (Å²) in [6, 6.07) is 0. The van der Waals surface area contributed by atoms with E-state index in [0.717, 1.165) is 4.47 Å². The van der Waals surface area contributed by atoms with Crippen molar-refractivity contribution in [3.8, 4) is 0 Å². The first kappa shape index (κ1) is 8.76. The van der Waals surface area contributed by atoms with Crippen LogP contribution >= 0.6 is 27.7 Å². The van der Waals surface area contributed by atoms with Gasteiger partial charge >= 0.3 is 0 Å². The van der Waals surface area contributed by atoms with Gasteiger partial charge in [0.1, 0.15) is 0 Å². The van der Waals surface area contributed by atoms with E-state index >= 15 is 0 Å². The van der Waals surface area contributed by atoms with Gasteiger partial charge in [0.25, 0.3) is 0 Å². The molecule has 0 aromatic carbocycles. The number of hydrazine groups is 1. The molecule has 11 heavy (non-hydrogen) atoms. The molecule has 6 heteroatoms. The van der Waals surface area contributed by atoms with Crippen LogP contribution in [0.25, 0.3) is 0 Å². The van der Waals surface area contributed by atoms with Gasteiger partial charge in [-0.1, -0.05) is 11.8 Å². The van der Waals surface area contributed by atoms with Crippen LogP contribution in [0.5, 0.6) is 0 Å². The fourth-order valence-electron chi connectivity index (χ4n) is 0.551. The van der Waals surface area contributed by atoms with E-state index in [1.807, 2.05) is 6.26 Å². The van der Waals surface area contributed by atoms with Crippen LogP contribution in [0.3, 0.4) is 0 Å². The predicted molar refractivity (Wildman–Crippen MR) is 49.3 cm³/mol. The molecule has 0 aliphatic heterocycles. The Kier molecular flexibility index (Phi) is 3.10. The molecule has 1 aromatic heterocycles. The molecule has 1 heterocycles. The molecule has 0 spiro atoms. The number of nitrogens with two attached hydrogens (primary N) is 1. The van der Waals surface area contributed by atoms with Gasteiger partial charge in [-0.25, -0.2) is 15.8 Å². The Morgan fingerprint density at radius 3 is 3.00 bits per heavy atom. The molecule has 1 aromatic rings. The third-order valence-corrected chi connectivity index (χ3v) is 2.18. The van der Waals surface area contributed by atoms with Crippen LogP contribution in [0, 0.1) is 0 Å². The first-order chi connectivity index (χ1) is 5.27. The summed E-state index contributed by atoms with van der Waals surface area (Å²) in [6.45, 7) is 0. The first-order valence-corrected chi connectivity index (χ1v) is 4.83. The summed E-state index contributed by atoms with van der Waals surface area (Å²) < 4.78 is 0.762. The van der Waals surface area contributed by atoms with Gasteiger partial charge in [-0.2, -0.15) is 0 Å². The topological polar surface area (TPSA) is 63.8 Å². The van der Waals surface area contributed by atoms with Crippen LogP contribution in [0.4, 0.5) is 5.82 Å². The van der Waals surface area contributed by atoms with Gasteiger partial charge in [0.05, 0.1) is 4.47 Å². The minimum Gasteiger partial charge on any atom is -0.307 e. The van der Waals surface area contributed by atoms with Crippen LogP contribution in [-0.2, 0) is 0 Å². The second-order valence-corrected chi connectivity index (χ2v) is 3.33. The smallest absolute Gasteiger partial charge is 0.189 e. The van der Waals surface area contributed by atoms with Gasteiger partial charge in [-0.15, -0.1) is 0 Å². The Morgan fingerprint density at radius 1 is 1.73 bits per heavy atom. The van der Waals surface area contributed by atoms with Crippen molar-refractivity contribution < 1.29 is 0 Å². The minimum atomic E-state index is 0.601. The Labute approximate surface area is 77.1 Å². The fourth-order valence-corrected chi connectivity index (χ4v) is 1.20. The summed E-state index contributed by atoms with van der Waals surface area (Å²) in [4.78, 5) is 8.09. The monoisotopic (exact) mass is 234 g/mol. The predicted octanol–water partition coefficient (Wildman–Crippen LogP) is 1.25. The number of halogens is 1. The summed E-state index contributed by atoms with van der Waals surface area (Å²) in [7, 11) is 0. The van der Waals surface area contributed by atoms with Crippen LogP contribution in [0.1, 0.15) is 0 Å². The van der Waals surface area contributed by atoms with Crippen molar-refractivity contribution in [2.75, 3.05) is 11.7 Å². The number of nitrogens with one attached hydrogen (secondary N) is 1. The number of nitrogens with zero attached hydrogens (tertiary/aromatic N) is 2. The van der Waals surface area contributed by atoms with Crippen molar-refractivity contribution in [2.45, 2.75) is 5.16 Å². The maximum absolute atomic E-state index is 5.19. The third-order valence-electron chi connectivity index (χ3n) is 1.04. The number of hydrogen-bond donors (Lipinski definition) is 2. The van der Waals surface area contributed by atoms with E-state index in [1.54, 1.807) is 6.20 Å². The molecule has 0 saturated carbocycles. The first-order valence-electron chi connectivity index (χ1n) is 2.81. The number of aromatic nitrogens is 2. The third kappa shape index (κ3) is 2.05. The van der Waals surface area contributed by atoms with Gasteiger partial charge in [-0.05, 0) is 22.2 Å². The summed E-state index contributed by atoms with van der Waals surface area (Å²) in [5, 5.41) is 0.696. The Bertz CT molecular complexity index is 254. The zero-order chi connectivity index (χ0) is 8.27. The Balaban J connectivity index is 3.02. The van der Waals surface area contributed by atoms with Crippen molar-refractivity contribution in [1.82, 2.24) is 9.97 Å². The lowest BCUT2D eigenvalue weighted by molar-refractivity contribution is 0.957. The van der Waals surface area contributed by atoms with Crippen molar-refractivity contribution >= 4 is 33.5 Å². The molecule has 3 N–H and O–H groups in total. The summed E-state index contributed by atoms with van der Waals surface area (Å²) >= 11 is 4.71. The Hall–Kier alpha value is -0.330. The molecule has 4 nitrogen and oxygen atoms in total. The maximum Gasteiger partial charge on any atom is 0.189 e. The average Bonchev–Trinajstić information content (AvgIpc) is 2.05. The molecular weight excluding hydrogens is 228 g/mol. The Morgan fingerprint density at radius 2 is 2.45 bits per heavy atom. The van der Waals surface area contributed by atoms with E-state index < -0.39 is 0 Å². The van der Waals surface area contributed by atoms with E-state index in [1.165, 1.54) is 11.8 Å². The molecule has 0 bridgehead atoms. The maximum atomic E-state index is 5.19.